The third-order valence-electron chi connectivity index (χ3n) is 6.06. The Morgan fingerprint density at radius 1 is 1.19 bits per heavy atom. The molecule has 1 saturated carbocycles. The van der Waals surface area contributed by atoms with Gasteiger partial charge in [0.05, 0.1) is 5.69 Å². The summed E-state index contributed by atoms with van der Waals surface area (Å²) in [6.45, 7) is 6.59. The van der Waals surface area contributed by atoms with Crippen LogP contribution in [0.3, 0.4) is 0 Å². The molecule has 0 atom stereocenters. The van der Waals surface area contributed by atoms with E-state index in [1.54, 1.807) is 0 Å². The Balaban J connectivity index is 1.33. The first-order valence-corrected chi connectivity index (χ1v) is 11.6. The SMILES string of the molecule is CC(C)(C)c1ccc(-c2csc(NC(=O)CCN3C(=O)NC4(CCCC4)C3=O)n2)cc1. The van der Waals surface area contributed by atoms with Gasteiger partial charge in [0.15, 0.2) is 5.13 Å². The van der Waals surface area contributed by atoms with Gasteiger partial charge in [-0.1, -0.05) is 57.9 Å². The van der Waals surface area contributed by atoms with Gasteiger partial charge in [0.1, 0.15) is 5.54 Å². The number of rotatable bonds is 5. The lowest BCUT2D eigenvalue weighted by atomic mass is 9.86. The van der Waals surface area contributed by atoms with Crippen molar-refractivity contribution < 1.29 is 14.4 Å². The first kappa shape index (κ1) is 21.5. The maximum Gasteiger partial charge on any atom is 0.325 e. The van der Waals surface area contributed by atoms with Crippen LogP contribution in [0.1, 0.15) is 58.4 Å². The van der Waals surface area contributed by atoms with Gasteiger partial charge in [-0.05, 0) is 23.8 Å². The molecule has 8 heteroatoms. The average Bonchev–Trinajstić information content (AvgIpc) is 3.42. The molecule has 0 unspecified atom stereocenters. The molecule has 2 fully saturated rings. The number of aromatic nitrogens is 1. The number of urea groups is 1. The first-order chi connectivity index (χ1) is 14.7. The monoisotopic (exact) mass is 440 g/mol. The number of carbonyl (C=O) groups excluding carboxylic acids is 3. The highest BCUT2D eigenvalue weighted by atomic mass is 32.1. The molecule has 0 radical (unpaired) electrons. The van der Waals surface area contributed by atoms with Crippen molar-refractivity contribution in [3.63, 3.8) is 0 Å². The lowest BCUT2D eigenvalue weighted by molar-refractivity contribution is -0.131. The summed E-state index contributed by atoms with van der Waals surface area (Å²) in [4.78, 5) is 42.9. The summed E-state index contributed by atoms with van der Waals surface area (Å²) in [7, 11) is 0. The van der Waals surface area contributed by atoms with Crippen molar-refractivity contribution in [2.45, 2.75) is 63.8 Å². The summed E-state index contributed by atoms with van der Waals surface area (Å²) >= 11 is 1.35. The number of anilines is 1. The summed E-state index contributed by atoms with van der Waals surface area (Å²) in [6, 6.07) is 7.88. The minimum absolute atomic E-state index is 0.0461. The molecule has 2 aliphatic rings. The zero-order valence-electron chi connectivity index (χ0n) is 18.2. The molecule has 1 spiro atoms. The molecule has 7 nitrogen and oxygen atoms in total. The van der Waals surface area contributed by atoms with Gasteiger partial charge in [-0.15, -0.1) is 11.3 Å². The van der Waals surface area contributed by atoms with Crippen LogP contribution in [0.5, 0.6) is 0 Å². The number of amides is 4. The molecule has 1 aliphatic carbocycles. The number of imide groups is 1. The topological polar surface area (TPSA) is 91.4 Å². The fourth-order valence-electron chi connectivity index (χ4n) is 4.20. The van der Waals surface area contributed by atoms with Gasteiger partial charge >= 0.3 is 6.03 Å². The number of hydrogen-bond donors (Lipinski definition) is 2. The summed E-state index contributed by atoms with van der Waals surface area (Å²) in [6.07, 6.45) is 3.28. The van der Waals surface area contributed by atoms with Crippen LogP contribution in [-0.2, 0) is 15.0 Å². The molecule has 31 heavy (non-hydrogen) atoms. The average molecular weight is 441 g/mol. The molecule has 2 heterocycles. The Morgan fingerprint density at radius 2 is 1.87 bits per heavy atom. The van der Waals surface area contributed by atoms with Gasteiger partial charge in [-0.3, -0.25) is 14.5 Å². The van der Waals surface area contributed by atoms with E-state index in [0.717, 1.165) is 24.1 Å². The molecule has 1 aliphatic heterocycles. The van der Waals surface area contributed by atoms with E-state index in [-0.39, 0.29) is 30.2 Å². The fraction of sp³-hybridized carbons (Fsp3) is 0.478. The van der Waals surface area contributed by atoms with Crippen LogP contribution >= 0.6 is 11.3 Å². The van der Waals surface area contributed by atoms with E-state index >= 15 is 0 Å². The second-order valence-corrected chi connectivity index (χ2v) is 10.2. The highest BCUT2D eigenvalue weighted by Gasteiger charge is 2.52. The van der Waals surface area contributed by atoms with Gasteiger partial charge in [-0.25, -0.2) is 9.78 Å². The second kappa shape index (κ2) is 8.07. The summed E-state index contributed by atoms with van der Waals surface area (Å²) in [5.41, 5.74) is 2.40. The van der Waals surface area contributed by atoms with Crippen molar-refractivity contribution in [1.29, 1.82) is 0 Å². The van der Waals surface area contributed by atoms with Crippen molar-refractivity contribution >= 4 is 34.3 Å². The Labute approximate surface area is 186 Å². The molecule has 1 aromatic carbocycles. The standard InChI is InChI=1S/C23H28N4O3S/c1-22(2,3)16-8-6-15(7-9-16)17-14-31-20(24-17)25-18(28)10-13-27-19(29)23(26-21(27)30)11-4-5-12-23/h6-9,14H,4-5,10-13H2,1-3H3,(H,26,30)(H,24,25,28). The number of carbonyl (C=O) groups is 3. The van der Waals surface area contributed by atoms with E-state index in [4.69, 9.17) is 0 Å². The highest BCUT2D eigenvalue weighted by molar-refractivity contribution is 7.14. The van der Waals surface area contributed by atoms with Crippen molar-refractivity contribution in [3.8, 4) is 11.3 Å². The van der Waals surface area contributed by atoms with Crippen LogP contribution in [0.4, 0.5) is 9.93 Å². The minimum Gasteiger partial charge on any atom is -0.323 e. The maximum absolute atomic E-state index is 12.7. The highest BCUT2D eigenvalue weighted by Crippen LogP contribution is 2.35. The van der Waals surface area contributed by atoms with Crippen molar-refractivity contribution in [1.82, 2.24) is 15.2 Å². The molecule has 4 amide bonds. The number of nitrogens with zero attached hydrogens (tertiary/aromatic N) is 2. The van der Waals surface area contributed by atoms with E-state index in [2.05, 4.69) is 48.5 Å². The third-order valence-corrected chi connectivity index (χ3v) is 6.82. The maximum atomic E-state index is 12.7. The molecule has 1 saturated heterocycles. The Kier molecular flexibility index (Phi) is 5.60. The van der Waals surface area contributed by atoms with Crippen LogP contribution in [0, 0.1) is 0 Å². The van der Waals surface area contributed by atoms with Gasteiger partial charge < -0.3 is 10.6 Å². The van der Waals surface area contributed by atoms with E-state index in [0.29, 0.717) is 18.0 Å². The normalized spacial score (nSPS) is 18.0. The Morgan fingerprint density at radius 3 is 2.52 bits per heavy atom. The fourth-order valence-corrected chi connectivity index (χ4v) is 4.93. The summed E-state index contributed by atoms with van der Waals surface area (Å²) in [5.74, 6) is -0.463. The van der Waals surface area contributed by atoms with Crippen molar-refractivity contribution in [2.75, 3.05) is 11.9 Å². The second-order valence-electron chi connectivity index (χ2n) is 9.34. The van der Waals surface area contributed by atoms with Crippen LogP contribution in [0.2, 0.25) is 0 Å². The predicted octanol–water partition coefficient (Wildman–Crippen LogP) is 4.30. The van der Waals surface area contributed by atoms with E-state index in [9.17, 15) is 14.4 Å². The van der Waals surface area contributed by atoms with Crippen LogP contribution in [0.25, 0.3) is 11.3 Å². The largest absolute Gasteiger partial charge is 0.325 e. The van der Waals surface area contributed by atoms with Gasteiger partial charge in [-0.2, -0.15) is 0 Å². The quantitative estimate of drug-likeness (QED) is 0.678. The lowest BCUT2D eigenvalue weighted by Crippen LogP contribution is -2.44. The molecule has 164 valence electrons. The third kappa shape index (κ3) is 4.35. The summed E-state index contributed by atoms with van der Waals surface area (Å²) in [5, 5.41) is 8.02. The first-order valence-electron chi connectivity index (χ1n) is 10.7. The minimum atomic E-state index is -0.736. The predicted molar refractivity (Wildman–Crippen MR) is 121 cm³/mol. The van der Waals surface area contributed by atoms with E-state index < -0.39 is 11.6 Å². The molecule has 4 rings (SSSR count). The lowest BCUT2D eigenvalue weighted by Gasteiger charge is -2.19. The van der Waals surface area contributed by atoms with Crippen molar-refractivity contribution in [2.24, 2.45) is 0 Å². The molecule has 2 N–H and O–H groups in total. The molecule has 2 aromatic rings. The van der Waals surface area contributed by atoms with Gasteiger partial charge in [0.2, 0.25) is 5.91 Å². The number of benzene rings is 1. The van der Waals surface area contributed by atoms with Crippen molar-refractivity contribution in [3.05, 3.63) is 35.2 Å². The van der Waals surface area contributed by atoms with Gasteiger partial charge in [0, 0.05) is 23.9 Å². The van der Waals surface area contributed by atoms with Gasteiger partial charge in [0.25, 0.3) is 5.91 Å². The van der Waals surface area contributed by atoms with Crippen LogP contribution in [0.15, 0.2) is 29.6 Å². The number of nitrogens with one attached hydrogen (secondary N) is 2. The molecule has 1 aromatic heterocycles. The number of thiazole rings is 1. The van der Waals surface area contributed by atoms with E-state index in [1.165, 1.54) is 21.8 Å². The van der Waals surface area contributed by atoms with E-state index in [1.807, 2.05) is 17.5 Å². The Bertz CT molecular complexity index is 1000. The smallest absolute Gasteiger partial charge is 0.323 e. The molecular weight excluding hydrogens is 412 g/mol. The molecular formula is C23H28N4O3S. The van der Waals surface area contributed by atoms with Crippen LogP contribution in [-0.4, -0.2) is 39.8 Å². The summed E-state index contributed by atoms with van der Waals surface area (Å²) < 4.78 is 0. The zero-order chi connectivity index (χ0) is 22.2. The zero-order valence-corrected chi connectivity index (χ0v) is 19.0. The van der Waals surface area contributed by atoms with Crippen LogP contribution < -0.4 is 10.6 Å². The number of hydrogen-bond acceptors (Lipinski definition) is 5. The molecule has 0 bridgehead atoms. The Hall–Kier alpha value is -2.74.